The molecule has 0 aliphatic carbocycles. The predicted molar refractivity (Wildman–Crippen MR) is 83.5 cm³/mol. The molecule has 0 unspecified atom stereocenters. The Morgan fingerprint density at radius 1 is 1.27 bits per heavy atom. The van der Waals surface area contributed by atoms with Gasteiger partial charge >= 0.3 is 5.97 Å². The molecule has 2 rings (SSSR count). The van der Waals surface area contributed by atoms with Crippen molar-refractivity contribution in [3.63, 3.8) is 0 Å². The number of rotatable bonds is 6. The fourth-order valence-corrected chi connectivity index (χ4v) is 2.59. The Morgan fingerprint density at radius 3 is 2.59 bits per heavy atom. The van der Waals surface area contributed by atoms with Crippen LogP contribution >= 0.6 is 11.3 Å². The van der Waals surface area contributed by atoms with Crippen LogP contribution in [0.15, 0.2) is 41.8 Å². The third-order valence-corrected chi connectivity index (χ3v) is 4.11. The molecule has 6 heteroatoms. The average molecular weight is 319 g/mol. The lowest BCUT2D eigenvalue weighted by Gasteiger charge is -2.12. The number of nitrogens with one attached hydrogen (secondary N) is 1. The van der Waals surface area contributed by atoms with Gasteiger partial charge in [-0.25, -0.2) is 4.79 Å². The molecule has 0 saturated heterocycles. The van der Waals surface area contributed by atoms with Crippen molar-refractivity contribution in [2.45, 2.75) is 19.6 Å². The molecule has 0 aliphatic heterocycles. The molecule has 0 aliphatic rings. The molecule has 1 amide bonds. The highest BCUT2D eigenvalue weighted by atomic mass is 32.1. The number of esters is 1. The molecule has 0 saturated carbocycles. The molecule has 1 atom stereocenters. The van der Waals surface area contributed by atoms with Crippen molar-refractivity contribution in [3.8, 4) is 0 Å². The van der Waals surface area contributed by atoms with E-state index in [0.29, 0.717) is 11.1 Å². The number of aliphatic hydroxyl groups excluding tert-OH is 1. The van der Waals surface area contributed by atoms with Gasteiger partial charge in [0.2, 0.25) is 0 Å². The number of hydrogen-bond donors (Lipinski definition) is 2. The van der Waals surface area contributed by atoms with Crippen molar-refractivity contribution >= 4 is 23.2 Å². The fraction of sp³-hybridized carbons (Fsp3) is 0.250. The van der Waals surface area contributed by atoms with Gasteiger partial charge in [-0.1, -0.05) is 18.2 Å². The molecule has 0 spiro atoms. The second kappa shape index (κ2) is 7.72. The maximum absolute atomic E-state index is 11.8. The van der Waals surface area contributed by atoms with Gasteiger partial charge < -0.3 is 15.2 Å². The second-order valence-corrected chi connectivity index (χ2v) is 5.72. The van der Waals surface area contributed by atoms with Gasteiger partial charge in [-0.2, -0.15) is 0 Å². The van der Waals surface area contributed by atoms with Crippen LogP contribution in [-0.4, -0.2) is 23.6 Å². The number of hydrogen-bond acceptors (Lipinski definition) is 5. The molecule has 0 bridgehead atoms. The van der Waals surface area contributed by atoms with Gasteiger partial charge in [-0.05, 0) is 36.1 Å². The largest absolute Gasteiger partial charge is 0.452 e. The summed E-state index contributed by atoms with van der Waals surface area (Å²) in [5, 5.41) is 13.6. The molecular weight excluding hydrogens is 302 g/mol. The zero-order valence-electron chi connectivity index (χ0n) is 12.1. The Bertz CT molecular complexity index is 622. The van der Waals surface area contributed by atoms with Crippen molar-refractivity contribution in [2.75, 3.05) is 6.61 Å². The molecule has 1 aromatic heterocycles. The van der Waals surface area contributed by atoms with E-state index >= 15 is 0 Å². The van der Waals surface area contributed by atoms with Crippen LogP contribution in [0.4, 0.5) is 0 Å². The first kappa shape index (κ1) is 16.2. The summed E-state index contributed by atoms with van der Waals surface area (Å²) < 4.78 is 4.97. The highest BCUT2D eigenvalue weighted by molar-refractivity contribution is 7.10. The third-order valence-electron chi connectivity index (χ3n) is 3.05. The second-order valence-electron chi connectivity index (χ2n) is 4.74. The number of carbonyl (C=O) groups excluding carboxylic acids is 2. The molecule has 2 aromatic rings. The van der Waals surface area contributed by atoms with E-state index in [1.54, 1.807) is 35.6 Å². The predicted octanol–water partition coefficient (Wildman–Crippen LogP) is 2.27. The minimum absolute atomic E-state index is 0.0850. The summed E-state index contributed by atoms with van der Waals surface area (Å²) >= 11 is 1.55. The lowest BCUT2D eigenvalue weighted by molar-refractivity contribution is -0.124. The normalized spacial score (nSPS) is 11.7. The highest BCUT2D eigenvalue weighted by Gasteiger charge is 2.13. The van der Waals surface area contributed by atoms with E-state index in [1.165, 1.54) is 0 Å². The summed E-state index contributed by atoms with van der Waals surface area (Å²) in [6, 6.07) is 10.1. The van der Waals surface area contributed by atoms with Gasteiger partial charge in [-0.15, -0.1) is 11.3 Å². The van der Waals surface area contributed by atoms with E-state index in [-0.39, 0.29) is 25.2 Å². The molecular formula is C16H17NO4S. The van der Waals surface area contributed by atoms with Gasteiger partial charge in [0.05, 0.1) is 18.2 Å². The third kappa shape index (κ3) is 4.41. The van der Waals surface area contributed by atoms with Gasteiger partial charge in [0, 0.05) is 4.88 Å². The van der Waals surface area contributed by atoms with Crippen LogP contribution in [-0.2, 0) is 16.1 Å². The zero-order chi connectivity index (χ0) is 15.9. The maximum Gasteiger partial charge on any atom is 0.338 e. The minimum atomic E-state index is -0.566. The Hall–Kier alpha value is -2.18. The van der Waals surface area contributed by atoms with Crippen molar-refractivity contribution in [2.24, 2.45) is 0 Å². The van der Waals surface area contributed by atoms with Crippen LogP contribution in [0.2, 0.25) is 0 Å². The van der Waals surface area contributed by atoms with Crippen LogP contribution in [0.3, 0.4) is 0 Å². The summed E-state index contributed by atoms with van der Waals surface area (Å²) in [6.45, 7) is 1.47. The van der Waals surface area contributed by atoms with E-state index < -0.39 is 5.97 Å². The number of ether oxygens (including phenoxy) is 1. The molecule has 1 heterocycles. The number of benzene rings is 1. The van der Waals surface area contributed by atoms with E-state index in [2.05, 4.69) is 5.32 Å². The maximum atomic E-state index is 11.8. The van der Waals surface area contributed by atoms with Crippen LogP contribution in [0.1, 0.15) is 33.8 Å². The molecule has 116 valence electrons. The first-order valence-electron chi connectivity index (χ1n) is 6.80. The van der Waals surface area contributed by atoms with Crippen molar-refractivity contribution in [1.29, 1.82) is 0 Å². The summed E-state index contributed by atoms with van der Waals surface area (Å²) in [4.78, 5) is 24.6. The average Bonchev–Trinajstić information content (AvgIpc) is 3.07. The van der Waals surface area contributed by atoms with E-state index in [1.807, 2.05) is 24.4 Å². The lowest BCUT2D eigenvalue weighted by atomic mass is 10.1. The van der Waals surface area contributed by atoms with Gasteiger partial charge in [0.25, 0.3) is 5.91 Å². The molecule has 1 aromatic carbocycles. The molecule has 0 fully saturated rings. The number of amides is 1. The number of carbonyl (C=O) groups is 2. The quantitative estimate of drug-likeness (QED) is 0.801. The van der Waals surface area contributed by atoms with Crippen molar-refractivity contribution in [3.05, 3.63) is 57.8 Å². The first-order chi connectivity index (χ1) is 10.6. The van der Waals surface area contributed by atoms with Crippen molar-refractivity contribution in [1.82, 2.24) is 5.32 Å². The summed E-state index contributed by atoms with van der Waals surface area (Å²) in [7, 11) is 0. The highest BCUT2D eigenvalue weighted by Crippen LogP contribution is 2.17. The monoisotopic (exact) mass is 319 g/mol. The van der Waals surface area contributed by atoms with Crippen molar-refractivity contribution < 1.29 is 19.4 Å². The van der Waals surface area contributed by atoms with Crippen LogP contribution in [0.5, 0.6) is 0 Å². The summed E-state index contributed by atoms with van der Waals surface area (Å²) in [5.74, 6) is -0.912. The SMILES string of the molecule is C[C@H](NC(=O)COC(=O)c1ccc(CO)cc1)c1cccs1. The summed E-state index contributed by atoms with van der Waals surface area (Å²) in [6.07, 6.45) is 0. The minimum Gasteiger partial charge on any atom is -0.452 e. The Kier molecular flexibility index (Phi) is 5.68. The van der Waals surface area contributed by atoms with Gasteiger partial charge in [0.15, 0.2) is 6.61 Å². The smallest absolute Gasteiger partial charge is 0.338 e. The molecule has 2 N–H and O–H groups in total. The van der Waals surface area contributed by atoms with Crippen LogP contribution < -0.4 is 5.32 Å². The van der Waals surface area contributed by atoms with Crippen LogP contribution in [0, 0.1) is 0 Å². The topological polar surface area (TPSA) is 75.6 Å². The fourth-order valence-electron chi connectivity index (χ4n) is 1.85. The number of aliphatic hydroxyl groups is 1. The molecule has 22 heavy (non-hydrogen) atoms. The summed E-state index contributed by atoms with van der Waals surface area (Å²) in [5.41, 5.74) is 1.05. The Morgan fingerprint density at radius 2 is 2.00 bits per heavy atom. The van der Waals surface area contributed by atoms with E-state index in [0.717, 1.165) is 4.88 Å². The molecule has 0 radical (unpaired) electrons. The van der Waals surface area contributed by atoms with Gasteiger partial charge in [0.1, 0.15) is 0 Å². The lowest BCUT2D eigenvalue weighted by Crippen LogP contribution is -2.30. The molecule has 5 nitrogen and oxygen atoms in total. The Balaban J connectivity index is 1.81. The van der Waals surface area contributed by atoms with Gasteiger partial charge in [-0.3, -0.25) is 4.79 Å². The first-order valence-corrected chi connectivity index (χ1v) is 7.68. The van der Waals surface area contributed by atoms with E-state index in [4.69, 9.17) is 9.84 Å². The standard InChI is InChI=1S/C16H17NO4S/c1-11(14-3-2-8-22-14)17-15(19)10-21-16(20)13-6-4-12(9-18)5-7-13/h2-8,11,18H,9-10H2,1H3,(H,17,19)/t11-/m0/s1. The number of thiophene rings is 1. The zero-order valence-corrected chi connectivity index (χ0v) is 12.9. The Labute approximate surface area is 132 Å². The van der Waals surface area contributed by atoms with E-state index in [9.17, 15) is 9.59 Å². The van der Waals surface area contributed by atoms with Crippen LogP contribution in [0.25, 0.3) is 0 Å².